The summed E-state index contributed by atoms with van der Waals surface area (Å²) >= 11 is 0. The number of amides is 2. The van der Waals surface area contributed by atoms with Gasteiger partial charge in [-0.05, 0) is 25.0 Å². The van der Waals surface area contributed by atoms with Gasteiger partial charge in [0.2, 0.25) is 0 Å². The first-order valence-electron chi connectivity index (χ1n) is 8.73. The van der Waals surface area contributed by atoms with Crippen molar-refractivity contribution in [3.8, 4) is 0 Å². The first-order valence-corrected chi connectivity index (χ1v) is 8.73. The predicted octanol–water partition coefficient (Wildman–Crippen LogP) is 3.33. The Balaban J connectivity index is 1.81. The summed E-state index contributed by atoms with van der Waals surface area (Å²) in [5, 5.41) is 0. The third kappa shape index (κ3) is 4.41. The number of hydrogen-bond donors (Lipinski definition) is 0. The Labute approximate surface area is 139 Å². The highest BCUT2D eigenvalue weighted by Gasteiger charge is 2.34. The van der Waals surface area contributed by atoms with Crippen LogP contribution in [0.5, 0.6) is 0 Å². The molecule has 0 unspecified atom stereocenters. The van der Waals surface area contributed by atoms with Gasteiger partial charge in [-0.3, -0.25) is 14.5 Å². The standard InChI is InChI=1S/C19H29N2O2/c1-4-5-6-9-14-21(2,3)15-10-13-20-18(22)16-11-7-8-12-17(16)19(20)23/h7-8,11-12H,4-6,9-10,13-15H2,1-3H3/q+1. The minimum atomic E-state index is -0.140. The third-order valence-electron chi connectivity index (χ3n) is 4.64. The highest BCUT2D eigenvalue weighted by atomic mass is 16.2. The van der Waals surface area contributed by atoms with Crippen LogP contribution >= 0.6 is 0 Å². The van der Waals surface area contributed by atoms with Crippen LogP contribution in [0.4, 0.5) is 0 Å². The largest absolute Gasteiger partial charge is 0.328 e. The second kappa shape index (κ2) is 7.73. The molecule has 0 aliphatic carbocycles. The summed E-state index contributed by atoms with van der Waals surface area (Å²) in [6.07, 6.45) is 5.94. The summed E-state index contributed by atoms with van der Waals surface area (Å²) in [6, 6.07) is 7.10. The molecule has 4 nitrogen and oxygen atoms in total. The highest BCUT2D eigenvalue weighted by Crippen LogP contribution is 2.22. The molecule has 4 heteroatoms. The summed E-state index contributed by atoms with van der Waals surface area (Å²) in [4.78, 5) is 26.0. The van der Waals surface area contributed by atoms with Gasteiger partial charge in [-0.25, -0.2) is 0 Å². The van der Waals surface area contributed by atoms with Crippen molar-refractivity contribution in [2.75, 3.05) is 33.7 Å². The SMILES string of the molecule is CCCCCC[N+](C)(C)CCCN1C(=O)c2ccccc2C1=O. The molecule has 1 aliphatic heterocycles. The van der Waals surface area contributed by atoms with Crippen LogP contribution in [0.25, 0.3) is 0 Å². The number of imide groups is 1. The zero-order chi connectivity index (χ0) is 16.9. The number of rotatable bonds is 9. The average Bonchev–Trinajstić information content (AvgIpc) is 2.77. The van der Waals surface area contributed by atoms with Gasteiger partial charge in [-0.15, -0.1) is 0 Å². The minimum Gasteiger partial charge on any atom is -0.328 e. The van der Waals surface area contributed by atoms with Crippen molar-refractivity contribution in [1.82, 2.24) is 4.90 Å². The van der Waals surface area contributed by atoms with Crippen LogP contribution in [0.2, 0.25) is 0 Å². The van der Waals surface area contributed by atoms with Gasteiger partial charge in [0.1, 0.15) is 0 Å². The maximum Gasteiger partial charge on any atom is 0.261 e. The molecule has 0 atom stereocenters. The van der Waals surface area contributed by atoms with E-state index in [0.717, 1.165) is 24.0 Å². The average molecular weight is 317 g/mol. The molecule has 126 valence electrons. The fourth-order valence-corrected chi connectivity index (χ4v) is 3.18. The van der Waals surface area contributed by atoms with E-state index in [1.807, 2.05) is 12.1 Å². The van der Waals surface area contributed by atoms with Crippen molar-refractivity contribution in [2.45, 2.75) is 39.0 Å². The van der Waals surface area contributed by atoms with Crippen molar-refractivity contribution >= 4 is 11.8 Å². The van der Waals surface area contributed by atoms with E-state index >= 15 is 0 Å². The van der Waals surface area contributed by atoms with E-state index in [0.29, 0.717) is 17.7 Å². The molecule has 1 aromatic rings. The van der Waals surface area contributed by atoms with Crippen LogP contribution in [0.15, 0.2) is 24.3 Å². The highest BCUT2D eigenvalue weighted by molar-refractivity contribution is 6.21. The molecule has 0 saturated carbocycles. The lowest BCUT2D eigenvalue weighted by atomic mass is 10.1. The molecule has 1 aliphatic rings. The molecule has 2 rings (SSSR count). The topological polar surface area (TPSA) is 37.4 Å². The lowest BCUT2D eigenvalue weighted by Crippen LogP contribution is -2.43. The lowest BCUT2D eigenvalue weighted by Gasteiger charge is -2.30. The number of nitrogens with zero attached hydrogens (tertiary/aromatic N) is 2. The van der Waals surface area contributed by atoms with Gasteiger partial charge in [0, 0.05) is 13.0 Å². The predicted molar refractivity (Wildman–Crippen MR) is 92.4 cm³/mol. The third-order valence-corrected chi connectivity index (χ3v) is 4.64. The summed E-state index contributed by atoms with van der Waals surface area (Å²) in [7, 11) is 4.46. The summed E-state index contributed by atoms with van der Waals surface area (Å²) in [5.74, 6) is -0.280. The van der Waals surface area contributed by atoms with E-state index in [2.05, 4.69) is 21.0 Å². The number of hydrogen-bond acceptors (Lipinski definition) is 2. The Morgan fingerprint density at radius 1 is 0.870 bits per heavy atom. The van der Waals surface area contributed by atoms with E-state index in [1.165, 1.54) is 30.6 Å². The van der Waals surface area contributed by atoms with Crippen LogP contribution in [0.1, 0.15) is 59.7 Å². The van der Waals surface area contributed by atoms with E-state index < -0.39 is 0 Å². The maximum absolute atomic E-state index is 12.3. The van der Waals surface area contributed by atoms with Gasteiger partial charge in [0.15, 0.2) is 0 Å². The van der Waals surface area contributed by atoms with Gasteiger partial charge in [-0.2, -0.15) is 0 Å². The maximum atomic E-state index is 12.3. The molecule has 0 spiro atoms. The van der Waals surface area contributed by atoms with E-state index in [9.17, 15) is 9.59 Å². The summed E-state index contributed by atoms with van der Waals surface area (Å²) in [5.41, 5.74) is 1.09. The molecular weight excluding hydrogens is 288 g/mol. The Kier molecular flexibility index (Phi) is 5.94. The second-order valence-corrected chi connectivity index (χ2v) is 7.10. The zero-order valence-corrected chi connectivity index (χ0v) is 14.7. The number of quaternary nitrogens is 1. The van der Waals surface area contributed by atoms with Crippen LogP contribution < -0.4 is 0 Å². The van der Waals surface area contributed by atoms with E-state index in [4.69, 9.17) is 0 Å². The van der Waals surface area contributed by atoms with Gasteiger partial charge in [0.25, 0.3) is 11.8 Å². The van der Waals surface area contributed by atoms with Gasteiger partial charge in [-0.1, -0.05) is 31.9 Å². The molecule has 0 saturated heterocycles. The molecule has 0 N–H and O–H groups in total. The number of carbonyl (C=O) groups excluding carboxylic acids is 2. The second-order valence-electron chi connectivity index (χ2n) is 7.10. The molecular formula is C19H29N2O2+. The first kappa shape index (κ1) is 17.7. The molecule has 1 heterocycles. The van der Waals surface area contributed by atoms with Crippen LogP contribution in [0.3, 0.4) is 0 Å². The van der Waals surface area contributed by atoms with Gasteiger partial charge >= 0.3 is 0 Å². The molecule has 1 aromatic carbocycles. The van der Waals surface area contributed by atoms with Crippen molar-refractivity contribution in [3.63, 3.8) is 0 Å². The van der Waals surface area contributed by atoms with Crippen molar-refractivity contribution in [1.29, 1.82) is 0 Å². The summed E-state index contributed by atoms with van der Waals surface area (Å²) in [6.45, 7) is 4.88. The van der Waals surface area contributed by atoms with Gasteiger partial charge < -0.3 is 4.48 Å². The van der Waals surface area contributed by atoms with E-state index in [1.54, 1.807) is 12.1 Å². The van der Waals surface area contributed by atoms with Crippen LogP contribution in [-0.2, 0) is 0 Å². The van der Waals surface area contributed by atoms with Crippen molar-refractivity contribution in [2.24, 2.45) is 0 Å². The van der Waals surface area contributed by atoms with Crippen LogP contribution in [0, 0.1) is 0 Å². The van der Waals surface area contributed by atoms with Gasteiger partial charge in [0.05, 0.1) is 38.3 Å². The normalized spacial score (nSPS) is 14.5. The number of unbranched alkanes of at least 4 members (excludes halogenated alkanes) is 3. The number of carbonyl (C=O) groups is 2. The first-order chi connectivity index (χ1) is 11.0. The Hall–Kier alpha value is -1.68. The van der Waals surface area contributed by atoms with Crippen molar-refractivity contribution in [3.05, 3.63) is 35.4 Å². The minimum absolute atomic E-state index is 0.140. The quantitative estimate of drug-likeness (QED) is 0.398. The molecule has 0 fully saturated rings. The monoisotopic (exact) mass is 317 g/mol. The van der Waals surface area contributed by atoms with E-state index in [-0.39, 0.29) is 11.8 Å². The number of fused-ring (bicyclic) bond motifs is 1. The molecule has 0 radical (unpaired) electrons. The molecule has 0 aromatic heterocycles. The number of benzene rings is 1. The fourth-order valence-electron chi connectivity index (χ4n) is 3.18. The molecule has 2 amide bonds. The Morgan fingerprint density at radius 3 is 2.00 bits per heavy atom. The Morgan fingerprint density at radius 2 is 1.43 bits per heavy atom. The smallest absolute Gasteiger partial charge is 0.261 e. The van der Waals surface area contributed by atoms with Crippen molar-refractivity contribution < 1.29 is 14.1 Å². The summed E-state index contributed by atoms with van der Waals surface area (Å²) < 4.78 is 0.951. The van der Waals surface area contributed by atoms with Crippen LogP contribution in [-0.4, -0.2) is 54.9 Å². The fraction of sp³-hybridized carbons (Fsp3) is 0.579. The molecule has 23 heavy (non-hydrogen) atoms. The Bertz CT molecular complexity index is 531. The molecule has 0 bridgehead atoms. The lowest BCUT2D eigenvalue weighted by molar-refractivity contribution is -0.890. The zero-order valence-electron chi connectivity index (χ0n) is 14.7.